The second-order valence-corrected chi connectivity index (χ2v) is 8.69. The molecule has 3 aromatic rings. The Morgan fingerprint density at radius 1 is 1.00 bits per heavy atom. The number of carbonyl (C=O) groups is 1. The highest BCUT2D eigenvalue weighted by molar-refractivity contribution is 9.10. The van der Waals surface area contributed by atoms with Crippen LogP contribution in [0.15, 0.2) is 73.2 Å². The second-order valence-electron chi connectivity index (χ2n) is 7.77. The van der Waals surface area contributed by atoms with Crippen LogP contribution in [0.4, 0.5) is 5.82 Å². The molecule has 160 valence electrons. The number of rotatable bonds is 2. The van der Waals surface area contributed by atoms with Crippen molar-refractivity contribution in [2.75, 3.05) is 0 Å². The third-order valence-electron chi connectivity index (χ3n) is 5.84. The average Bonchev–Trinajstić information content (AvgIpc) is 3.08. The fraction of sp³-hybridized carbons (Fsp3) is 0.167. The Labute approximate surface area is 191 Å². The van der Waals surface area contributed by atoms with E-state index < -0.39 is 23.1 Å². The Morgan fingerprint density at radius 3 is 2.31 bits per heavy atom. The van der Waals surface area contributed by atoms with Gasteiger partial charge in [-0.05, 0) is 17.7 Å². The molecule has 0 saturated carbocycles. The molecule has 0 bridgehead atoms. The van der Waals surface area contributed by atoms with E-state index in [-0.39, 0.29) is 0 Å². The first-order valence-corrected chi connectivity index (χ1v) is 10.8. The van der Waals surface area contributed by atoms with Crippen molar-refractivity contribution in [2.24, 2.45) is 19.1 Å². The molecule has 0 saturated heterocycles. The number of ether oxygens (including phenoxy) is 1. The van der Waals surface area contributed by atoms with Crippen molar-refractivity contribution >= 4 is 39.2 Å². The molecule has 2 aliphatic rings. The summed E-state index contributed by atoms with van der Waals surface area (Å²) in [7, 11) is 3.05. The van der Waals surface area contributed by atoms with Crippen LogP contribution < -0.4 is 11.2 Å². The first kappa shape index (κ1) is 20.4. The van der Waals surface area contributed by atoms with Crippen LogP contribution in [-0.4, -0.2) is 20.8 Å². The molecular formula is C24H18BrN3O4. The van der Waals surface area contributed by atoms with Crippen LogP contribution in [0.25, 0.3) is 5.76 Å². The van der Waals surface area contributed by atoms with E-state index in [1.807, 2.05) is 48.5 Å². The normalized spacial score (nSPS) is 16.2. The van der Waals surface area contributed by atoms with E-state index in [1.165, 1.54) is 18.5 Å². The molecule has 0 amide bonds. The number of hydrogen-bond donors (Lipinski definition) is 0. The Morgan fingerprint density at radius 2 is 1.66 bits per heavy atom. The first-order valence-electron chi connectivity index (χ1n) is 9.96. The van der Waals surface area contributed by atoms with Gasteiger partial charge in [0, 0.05) is 48.1 Å². The minimum Gasteiger partial charge on any atom is -0.426 e. The minimum atomic E-state index is -0.571. The van der Waals surface area contributed by atoms with Gasteiger partial charge < -0.3 is 4.74 Å². The monoisotopic (exact) mass is 491 g/mol. The Bertz CT molecular complexity index is 1490. The number of carbonyl (C=O) groups excluding carboxylic acids is 1. The van der Waals surface area contributed by atoms with Crippen LogP contribution in [0.1, 0.15) is 35.1 Å². The van der Waals surface area contributed by atoms with E-state index in [0.29, 0.717) is 28.4 Å². The maximum absolute atomic E-state index is 13.4. The summed E-state index contributed by atoms with van der Waals surface area (Å²) in [5.74, 6) is -0.333. The summed E-state index contributed by atoms with van der Waals surface area (Å²) in [5.41, 5.74) is 3.08. The Kier molecular flexibility index (Phi) is 4.63. The minimum absolute atomic E-state index is 0.309. The molecule has 2 heterocycles. The molecule has 0 fully saturated rings. The number of benzene rings is 2. The summed E-state index contributed by atoms with van der Waals surface area (Å²) < 4.78 is 9.06. The van der Waals surface area contributed by atoms with Gasteiger partial charge in [-0.3, -0.25) is 18.7 Å². The predicted octanol–water partition coefficient (Wildman–Crippen LogP) is 3.40. The molecule has 1 unspecified atom stereocenters. The van der Waals surface area contributed by atoms with Gasteiger partial charge in [0.05, 0.1) is 11.3 Å². The van der Waals surface area contributed by atoms with Crippen molar-refractivity contribution in [1.82, 2.24) is 9.13 Å². The van der Waals surface area contributed by atoms with E-state index in [1.54, 1.807) is 7.05 Å². The topological polar surface area (TPSA) is 82.7 Å². The third-order valence-corrected chi connectivity index (χ3v) is 6.37. The highest BCUT2D eigenvalue weighted by atomic mass is 79.9. The van der Waals surface area contributed by atoms with Crippen molar-refractivity contribution in [3.63, 3.8) is 0 Å². The maximum atomic E-state index is 13.4. The molecule has 0 spiro atoms. The van der Waals surface area contributed by atoms with Crippen molar-refractivity contribution in [3.8, 4) is 0 Å². The molecule has 1 aliphatic carbocycles. The average molecular weight is 492 g/mol. The number of esters is 1. The van der Waals surface area contributed by atoms with Crippen LogP contribution in [0.5, 0.6) is 0 Å². The summed E-state index contributed by atoms with van der Waals surface area (Å²) in [6.07, 6.45) is 0. The van der Waals surface area contributed by atoms with Gasteiger partial charge in [0.1, 0.15) is 11.6 Å². The fourth-order valence-electron chi connectivity index (χ4n) is 4.41. The zero-order valence-corrected chi connectivity index (χ0v) is 19.1. The smallest absolute Gasteiger partial charge is 0.332 e. The first-order chi connectivity index (χ1) is 15.3. The van der Waals surface area contributed by atoms with Crippen molar-refractivity contribution < 1.29 is 9.53 Å². The molecule has 7 nitrogen and oxygen atoms in total. The molecule has 0 radical (unpaired) electrons. The highest BCUT2D eigenvalue weighted by Crippen LogP contribution is 2.48. The van der Waals surface area contributed by atoms with Gasteiger partial charge in [-0.25, -0.2) is 9.79 Å². The van der Waals surface area contributed by atoms with Gasteiger partial charge in [0.15, 0.2) is 0 Å². The van der Waals surface area contributed by atoms with Gasteiger partial charge in [0.25, 0.3) is 5.56 Å². The van der Waals surface area contributed by atoms with Crippen LogP contribution in [0.2, 0.25) is 0 Å². The van der Waals surface area contributed by atoms with Gasteiger partial charge in [-0.15, -0.1) is 0 Å². The summed E-state index contributed by atoms with van der Waals surface area (Å²) >= 11 is 3.46. The van der Waals surface area contributed by atoms with Gasteiger partial charge in [-0.1, -0.05) is 52.3 Å². The van der Waals surface area contributed by atoms with Gasteiger partial charge in [-0.2, -0.15) is 0 Å². The quantitative estimate of drug-likeness (QED) is 0.514. The number of allylic oxidation sites excluding steroid dienone is 1. The zero-order chi connectivity index (χ0) is 22.7. The molecule has 2 aromatic carbocycles. The lowest BCUT2D eigenvalue weighted by Crippen LogP contribution is -2.41. The Balaban J connectivity index is 1.95. The van der Waals surface area contributed by atoms with Crippen molar-refractivity contribution in [2.45, 2.75) is 12.8 Å². The molecule has 0 N–H and O–H groups in total. The van der Waals surface area contributed by atoms with E-state index in [9.17, 15) is 14.4 Å². The third kappa shape index (κ3) is 2.86. The molecule has 8 heteroatoms. The summed E-state index contributed by atoms with van der Waals surface area (Å²) in [6.45, 7) is 1.35. The van der Waals surface area contributed by atoms with Crippen LogP contribution >= 0.6 is 15.9 Å². The fourth-order valence-corrected chi connectivity index (χ4v) is 4.68. The number of aliphatic imine (C=N–C) groups is 1. The van der Waals surface area contributed by atoms with Crippen LogP contribution in [0, 0.1) is 0 Å². The summed E-state index contributed by atoms with van der Waals surface area (Å²) in [5, 5.41) is 0. The number of nitrogens with zero attached hydrogens (tertiary/aromatic N) is 3. The van der Waals surface area contributed by atoms with Gasteiger partial charge in [0.2, 0.25) is 0 Å². The van der Waals surface area contributed by atoms with Crippen molar-refractivity contribution in [1.29, 1.82) is 0 Å². The van der Waals surface area contributed by atoms with E-state index in [4.69, 9.17) is 9.73 Å². The van der Waals surface area contributed by atoms with E-state index in [2.05, 4.69) is 15.9 Å². The van der Waals surface area contributed by atoms with Crippen molar-refractivity contribution in [3.05, 3.63) is 102 Å². The summed E-state index contributed by atoms with van der Waals surface area (Å²) in [6, 6.07) is 15.1. The van der Waals surface area contributed by atoms with Crippen LogP contribution in [0.3, 0.4) is 0 Å². The molecule has 32 heavy (non-hydrogen) atoms. The van der Waals surface area contributed by atoms with E-state index in [0.717, 1.165) is 25.7 Å². The zero-order valence-electron chi connectivity index (χ0n) is 17.5. The molecule has 1 aromatic heterocycles. The number of aromatic nitrogens is 2. The predicted molar refractivity (Wildman–Crippen MR) is 124 cm³/mol. The largest absolute Gasteiger partial charge is 0.426 e. The standard InChI is InChI=1S/C24H18BrN3O4/c1-12(29)32-21-16-7-5-4-6-15(16)20-18(21)17(13-8-10-14(25)11-9-13)19-22(26-20)27(2)24(31)28(3)23(19)30/h4-11,17H,1-3H3. The lowest BCUT2D eigenvalue weighted by molar-refractivity contribution is -0.134. The Hall–Kier alpha value is -3.52. The number of halogens is 1. The molecule has 1 aliphatic heterocycles. The van der Waals surface area contributed by atoms with Gasteiger partial charge >= 0.3 is 11.7 Å². The number of fused-ring (bicyclic) bond motifs is 4. The lowest BCUT2D eigenvalue weighted by atomic mass is 9.81. The SMILES string of the molecule is CC(=O)OC1=C2C(=Nc3c(c(=O)n(C)c(=O)n3C)C2c2ccc(Br)cc2)c2ccccc21. The molecule has 1 atom stereocenters. The van der Waals surface area contributed by atoms with Crippen LogP contribution in [-0.2, 0) is 23.6 Å². The second kappa shape index (κ2) is 7.27. The number of hydrogen-bond acceptors (Lipinski definition) is 5. The molecule has 5 rings (SSSR count). The molecular weight excluding hydrogens is 474 g/mol. The highest BCUT2D eigenvalue weighted by Gasteiger charge is 2.42. The maximum Gasteiger partial charge on any atom is 0.332 e. The lowest BCUT2D eigenvalue weighted by Gasteiger charge is -2.27. The van der Waals surface area contributed by atoms with E-state index >= 15 is 0 Å². The summed E-state index contributed by atoms with van der Waals surface area (Å²) in [4.78, 5) is 42.8.